The highest BCUT2D eigenvalue weighted by Gasteiger charge is 2.42. The number of aryl methyl sites for hydroxylation is 1. The van der Waals surface area contributed by atoms with E-state index in [9.17, 15) is 18.0 Å². The predicted molar refractivity (Wildman–Crippen MR) is 106 cm³/mol. The average Bonchev–Trinajstić information content (AvgIpc) is 3.18. The third-order valence-electron chi connectivity index (χ3n) is 5.06. The van der Waals surface area contributed by atoms with Crippen LogP contribution in [0.4, 0.5) is 13.2 Å². The van der Waals surface area contributed by atoms with Gasteiger partial charge in [-0.15, -0.1) is 0 Å². The lowest BCUT2D eigenvalue weighted by molar-refractivity contribution is -0.205. The molecule has 1 unspecified atom stereocenters. The lowest BCUT2D eigenvalue weighted by atomic mass is 10.0. The van der Waals surface area contributed by atoms with Crippen LogP contribution < -0.4 is 5.73 Å². The molecule has 0 bridgehead atoms. The van der Waals surface area contributed by atoms with Crippen LogP contribution in [0.3, 0.4) is 0 Å². The smallest absolute Gasteiger partial charge is 0.436 e. The van der Waals surface area contributed by atoms with E-state index in [4.69, 9.17) is 10.5 Å². The first-order valence-corrected chi connectivity index (χ1v) is 9.49. The molecule has 31 heavy (non-hydrogen) atoms. The maximum absolute atomic E-state index is 12.4. The maximum Gasteiger partial charge on any atom is 0.490 e. The van der Waals surface area contributed by atoms with Gasteiger partial charge in [-0.2, -0.15) is 18.3 Å². The highest BCUT2D eigenvalue weighted by molar-refractivity contribution is 5.81. The van der Waals surface area contributed by atoms with Gasteiger partial charge in [0, 0.05) is 17.3 Å². The van der Waals surface area contributed by atoms with Crippen LogP contribution in [0, 0.1) is 6.92 Å². The minimum atomic E-state index is -5.11. The number of nitrogens with two attached hydrogens (primary N) is 1. The van der Waals surface area contributed by atoms with Gasteiger partial charge >= 0.3 is 12.1 Å². The second kappa shape index (κ2) is 8.12. The van der Waals surface area contributed by atoms with Crippen LogP contribution in [-0.4, -0.2) is 40.0 Å². The monoisotopic (exact) mass is 432 g/mol. The van der Waals surface area contributed by atoms with Crippen LogP contribution in [-0.2, 0) is 14.3 Å². The third kappa shape index (κ3) is 4.30. The number of halogens is 3. The Hall–Kier alpha value is -3.24. The van der Waals surface area contributed by atoms with Crippen molar-refractivity contribution >= 4 is 17.1 Å². The van der Waals surface area contributed by atoms with E-state index < -0.39 is 18.4 Å². The minimum Gasteiger partial charge on any atom is -0.436 e. The fourth-order valence-corrected chi connectivity index (χ4v) is 3.50. The molecular weight excluding hydrogens is 413 g/mol. The second-order valence-corrected chi connectivity index (χ2v) is 7.12. The molecule has 1 atom stereocenters. The van der Waals surface area contributed by atoms with Gasteiger partial charge in [0.1, 0.15) is 6.33 Å². The molecule has 0 radical (unpaired) electrons. The molecule has 7 nitrogen and oxygen atoms in total. The first kappa shape index (κ1) is 21.0. The molecule has 10 heteroatoms. The highest BCUT2D eigenvalue weighted by Crippen LogP contribution is 2.30. The highest BCUT2D eigenvalue weighted by atomic mass is 19.4. The zero-order chi connectivity index (χ0) is 22.2. The fraction of sp³-hybridized carbons (Fsp3) is 0.286. The molecular formula is C21H19F3N4O3. The van der Waals surface area contributed by atoms with Crippen LogP contribution >= 0.6 is 0 Å². The van der Waals surface area contributed by atoms with Crippen LogP contribution in [0.1, 0.15) is 29.3 Å². The van der Waals surface area contributed by atoms with Crippen molar-refractivity contribution < 1.29 is 27.4 Å². The van der Waals surface area contributed by atoms with Gasteiger partial charge in [0.25, 0.3) is 0 Å². The van der Waals surface area contributed by atoms with Gasteiger partial charge in [0.05, 0.1) is 24.4 Å². The Kier molecular flexibility index (Phi) is 5.50. The zero-order valence-corrected chi connectivity index (χ0v) is 16.5. The number of nitrogens with zero attached hydrogens (tertiary/aromatic N) is 3. The number of ether oxygens (including phenoxy) is 2. The molecule has 3 aromatic rings. The topological polar surface area (TPSA) is 91.7 Å². The molecule has 3 heterocycles. The first-order valence-electron chi connectivity index (χ1n) is 9.49. The van der Waals surface area contributed by atoms with Crippen LogP contribution in [0.15, 0.2) is 42.9 Å². The molecule has 0 saturated carbocycles. The summed E-state index contributed by atoms with van der Waals surface area (Å²) < 4.78 is 48.7. The normalized spacial score (nSPS) is 15.6. The molecule has 1 aromatic carbocycles. The Bertz CT molecular complexity index is 1170. The number of hydrogen-bond acceptors (Lipinski definition) is 6. The van der Waals surface area contributed by atoms with Crippen molar-refractivity contribution in [3.05, 3.63) is 59.6 Å². The Labute approximate surface area is 175 Å². The number of hydrogen-bond donors (Lipinski definition) is 1. The molecule has 4 rings (SSSR count). The number of alkyl halides is 3. The number of rotatable bonds is 4. The summed E-state index contributed by atoms with van der Waals surface area (Å²) in [7, 11) is 0. The van der Waals surface area contributed by atoms with E-state index in [0.717, 1.165) is 23.1 Å². The molecule has 2 N–H and O–H groups in total. The number of esters is 1. The van der Waals surface area contributed by atoms with E-state index in [0.29, 0.717) is 24.5 Å². The van der Waals surface area contributed by atoms with Gasteiger partial charge in [0.2, 0.25) is 0 Å². The number of benzene rings is 1. The number of carbonyl (C=O) groups is 1. The van der Waals surface area contributed by atoms with E-state index in [1.165, 1.54) is 18.0 Å². The zero-order valence-electron chi connectivity index (χ0n) is 16.5. The summed E-state index contributed by atoms with van der Waals surface area (Å²) in [6.45, 7) is 2.91. The molecule has 2 aromatic heterocycles. The summed E-state index contributed by atoms with van der Waals surface area (Å²) in [6, 6.07) is 6.93. The van der Waals surface area contributed by atoms with Crippen LogP contribution in [0.5, 0.6) is 0 Å². The van der Waals surface area contributed by atoms with Gasteiger partial charge in [-0.25, -0.2) is 14.3 Å². The van der Waals surface area contributed by atoms with Crippen molar-refractivity contribution in [2.24, 2.45) is 5.73 Å². The van der Waals surface area contributed by atoms with Gasteiger partial charge in [-0.1, -0.05) is 18.2 Å². The summed E-state index contributed by atoms with van der Waals surface area (Å²) in [5.74, 6) is -2.33. The summed E-state index contributed by atoms with van der Waals surface area (Å²) in [5, 5.41) is 4.27. The van der Waals surface area contributed by atoms with Gasteiger partial charge < -0.3 is 9.47 Å². The van der Waals surface area contributed by atoms with Crippen molar-refractivity contribution in [1.82, 2.24) is 14.6 Å². The number of fused-ring (bicyclic) bond motifs is 1. The van der Waals surface area contributed by atoms with Crippen LogP contribution in [0.2, 0.25) is 0 Å². The van der Waals surface area contributed by atoms with Crippen LogP contribution in [0.25, 0.3) is 22.3 Å². The first-order chi connectivity index (χ1) is 14.7. The van der Waals surface area contributed by atoms with Crippen molar-refractivity contribution in [2.75, 3.05) is 13.2 Å². The molecule has 0 fully saturated rings. The van der Waals surface area contributed by atoms with Crippen molar-refractivity contribution in [1.29, 1.82) is 0 Å². The molecule has 0 amide bonds. The summed E-state index contributed by atoms with van der Waals surface area (Å²) >= 11 is 0. The van der Waals surface area contributed by atoms with Crippen molar-refractivity contribution in [3.8, 4) is 11.3 Å². The van der Waals surface area contributed by atoms with Crippen molar-refractivity contribution in [2.45, 2.75) is 25.7 Å². The molecule has 1 aliphatic heterocycles. The fourth-order valence-electron chi connectivity index (χ4n) is 3.50. The Balaban J connectivity index is 1.65. The molecule has 162 valence electrons. The summed E-state index contributed by atoms with van der Waals surface area (Å²) in [4.78, 5) is 15.5. The lowest BCUT2D eigenvalue weighted by Gasteiger charge is -2.17. The van der Waals surface area contributed by atoms with Gasteiger partial charge in [-0.3, -0.25) is 5.73 Å². The van der Waals surface area contributed by atoms with Crippen molar-refractivity contribution in [3.63, 3.8) is 0 Å². The van der Waals surface area contributed by atoms with Gasteiger partial charge in [-0.05, 0) is 42.2 Å². The summed E-state index contributed by atoms with van der Waals surface area (Å²) in [6.07, 6.45) is -0.440. The molecule has 0 saturated heterocycles. The largest absolute Gasteiger partial charge is 0.490 e. The molecule has 0 spiro atoms. The van der Waals surface area contributed by atoms with E-state index in [2.05, 4.69) is 14.8 Å². The SMILES string of the molecule is Cc1cc(-c2ncnn3cc(C4=CCOCC4)cc23)ccc1C(N)OC(=O)C(F)(F)F. The quantitative estimate of drug-likeness (QED) is 0.501. The summed E-state index contributed by atoms with van der Waals surface area (Å²) in [5.41, 5.74) is 10.9. The van der Waals surface area contributed by atoms with E-state index in [1.807, 2.05) is 18.3 Å². The Morgan fingerprint density at radius 3 is 2.77 bits per heavy atom. The lowest BCUT2D eigenvalue weighted by Crippen LogP contribution is -2.30. The Morgan fingerprint density at radius 1 is 1.29 bits per heavy atom. The average molecular weight is 432 g/mol. The predicted octanol–water partition coefficient (Wildman–Crippen LogP) is 3.57. The number of aromatic nitrogens is 3. The minimum absolute atomic E-state index is 0.273. The Morgan fingerprint density at radius 2 is 2.10 bits per heavy atom. The van der Waals surface area contributed by atoms with E-state index in [1.54, 1.807) is 23.6 Å². The van der Waals surface area contributed by atoms with E-state index in [-0.39, 0.29) is 5.56 Å². The second-order valence-electron chi connectivity index (χ2n) is 7.12. The maximum atomic E-state index is 12.4. The molecule has 1 aliphatic rings. The number of carbonyl (C=O) groups excluding carboxylic acids is 1. The van der Waals surface area contributed by atoms with Gasteiger partial charge in [0.15, 0.2) is 6.23 Å². The van der Waals surface area contributed by atoms with E-state index >= 15 is 0 Å². The molecule has 0 aliphatic carbocycles. The third-order valence-corrected chi connectivity index (χ3v) is 5.06. The standard InChI is InChI=1S/C21H19F3N4O3/c1-12-8-14(2-3-16(12)19(25)31-20(29)21(22,23)24)18-17-9-15(10-28(17)27-11-26-18)13-4-6-30-7-5-13/h2-4,8-11,19H,5-7,25H2,1H3.